The minimum atomic E-state index is -0.821. The highest BCUT2D eigenvalue weighted by molar-refractivity contribution is 5.99. The lowest BCUT2D eigenvalue weighted by molar-refractivity contribution is -0.125. The summed E-state index contributed by atoms with van der Waals surface area (Å²) in [5.41, 5.74) is 1.36. The first-order chi connectivity index (χ1) is 10.6. The average molecular weight is 299 g/mol. The fourth-order valence-electron chi connectivity index (χ4n) is 2.51. The van der Waals surface area contributed by atoms with Crippen LogP contribution in [0.3, 0.4) is 0 Å². The van der Waals surface area contributed by atoms with Crippen LogP contribution in [-0.2, 0) is 16.0 Å². The molecule has 0 bridgehead atoms. The number of esters is 1. The number of aromatic nitrogens is 2. The zero-order valence-electron chi connectivity index (χ0n) is 12.4. The van der Waals surface area contributed by atoms with Crippen LogP contribution in [0.15, 0.2) is 36.5 Å². The molecule has 1 aromatic heterocycles. The molecule has 0 saturated heterocycles. The Labute approximate surface area is 128 Å². The number of carbonyl (C=O) groups excluding carboxylic acids is 2. The van der Waals surface area contributed by atoms with Crippen molar-refractivity contribution in [3.63, 3.8) is 0 Å². The van der Waals surface area contributed by atoms with Gasteiger partial charge in [-0.05, 0) is 25.5 Å². The van der Waals surface area contributed by atoms with E-state index >= 15 is 0 Å². The monoisotopic (exact) mass is 299 g/mol. The molecule has 6 heteroatoms. The van der Waals surface area contributed by atoms with Crippen molar-refractivity contribution in [1.82, 2.24) is 9.78 Å². The van der Waals surface area contributed by atoms with Gasteiger partial charge in [-0.3, -0.25) is 4.79 Å². The predicted octanol–water partition coefficient (Wildman–Crippen LogP) is 2.18. The molecule has 0 fully saturated rings. The van der Waals surface area contributed by atoms with Gasteiger partial charge < -0.3 is 10.1 Å². The van der Waals surface area contributed by atoms with E-state index in [0.29, 0.717) is 17.8 Å². The topological polar surface area (TPSA) is 73.2 Å². The molecule has 0 radical (unpaired) electrons. The molecule has 114 valence electrons. The Balaban J connectivity index is 1.77. The molecule has 1 aliphatic rings. The lowest BCUT2D eigenvalue weighted by Crippen LogP contribution is -2.38. The number of rotatable bonds is 3. The predicted molar refractivity (Wildman–Crippen MR) is 80.6 cm³/mol. The molecule has 3 rings (SSSR count). The number of hydrogen-bond acceptors (Lipinski definition) is 4. The molecule has 22 heavy (non-hydrogen) atoms. The Morgan fingerprint density at radius 1 is 1.36 bits per heavy atom. The lowest BCUT2D eigenvalue weighted by Gasteiger charge is -2.24. The molecule has 6 nitrogen and oxygen atoms in total. The van der Waals surface area contributed by atoms with Gasteiger partial charge in [0.1, 0.15) is 5.82 Å². The largest absolute Gasteiger partial charge is 0.448 e. The van der Waals surface area contributed by atoms with Crippen LogP contribution in [0.25, 0.3) is 0 Å². The zero-order chi connectivity index (χ0) is 15.7. The molecule has 1 amide bonds. The van der Waals surface area contributed by atoms with E-state index in [1.807, 2.05) is 26.0 Å². The Morgan fingerprint density at radius 2 is 2.14 bits per heavy atom. The van der Waals surface area contributed by atoms with Gasteiger partial charge in [-0.2, -0.15) is 5.10 Å². The number of ether oxygens (including phenoxy) is 1. The number of anilines is 1. The van der Waals surface area contributed by atoms with E-state index in [-0.39, 0.29) is 11.9 Å². The first kappa shape index (κ1) is 14.3. The SMILES string of the molecule is CC(C)n1nccc1NC(=O)C1Cc2ccccc2C(=O)O1. The van der Waals surface area contributed by atoms with Crippen LogP contribution in [0, 0.1) is 0 Å². The standard InChI is InChI=1S/C16H17N3O3/c1-10(2)19-14(7-8-17-19)18-15(20)13-9-11-5-3-4-6-12(11)16(21)22-13/h3-8,10,13H,9H2,1-2H3,(H,18,20). The second kappa shape index (κ2) is 5.63. The highest BCUT2D eigenvalue weighted by Crippen LogP contribution is 2.22. The summed E-state index contributed by atoms with van der Waals surface area (Å²) >= 11 is 0. The summed E-state index contributed by atoms with van der Waals surface area (Å²) in [5.74, 6) is -0.209. The van der Waals surface area contributed by atoms with Crippen molar-refractivity contribution >= 4 is 17.7 Å². The summed E-state index contributed by atoms with van der Waals surface area (Å²) in [6, 6.07) is 9.02. The van der Waals surface area contributed by atoms with Gasteiger partial charge in [0.25, 0.3) is 5.91 Å². The van der Waals surface area contributed by atoms with Crippen molar-refractivity contribution in [2.75, 3.05) is 5.32 Å². The van der Waals surface area contributed by atoms with Crippen molar-refractivity contribution in [3.8, 4) is 0 Å². The maximum atomic E-state index is 12.4. The Hall–Kier alpha value is -2.63. The molecule has 2 heterocycles. The molecule has 0 saturated carbocycles. The summed E-state index contributed by atoms with van der Waals surface area (Å²) in [6.45, 7) is 3.94. The van der Waals surface area contributed by atoms with Gasteiger partial charge in [0, 0.05) is 18.5 Å². The third kappa shape index (κ3) is 2.59. The third-order valence-corrected chi connectivity index (χ3v) is 3.60. The van der Waals surface area contributed by atoms with Gasteiger partial charge in [0.15, 0.2) is 6.10 Å². The summed E-state index contributed by atoms with van der Waals surface area (Å²) < 4.78 is 6.95. The van der Waals surface area contributed by atoms with Crippen molar-refractivity contribution in [1.29, 1.82) is 0 Å². The van der Waals surface area contributed by atoms with Crippen LogP contribution < -0.4 is 5.32 Å². The third-order valence-electron chi connectivity index (χ3n) is 3.60. The lowest BCUT2D eigenvalue weighted by atomic mass is 9.98. The zero-order valence-corrected chi connectivity index (χ0v) is 12.4. The van der Waals surface area contributed by atoms with E-state index in [9.17, 15) is 9.59 Å². The van der Waals surface area contributed by atoms with Crippen LogP contribution in [0.5, 0.6) is 0 Å². The van der Waals surface area contributed by atoms with E-state index in [4.69, 9.17) is 4.74 Å². The summed E-state index contributed by atoms with van der Waals surface area (Å²) in [4.78, 5) is 24.3. The van der Waals surface area contributed by atoms with Gasteiger partial charge in [-0.15, -0.1) is 0 Å². The van der Waals surface area contributed by atoms with Gasteiger partial charge in [-0.25, -0.2) is 9.48 Å². The minimum Gasteiger partial charge on any atom is -0.448 e. The van der Waals surface area contributed by atoms with Gasteiger partial charge in [0.05, 0.1) is 11.8 Å². The van der Waals surface area contributed by atoms with Crippen molar-refractivity contribution in [3.05, 3.63) is 47.7 Å². The first-order valence-electron chi connectivity index (χ1n) is 7.19. The van der Waals surface area contributed by atoms with E-state index in [2.05, 4.69) is 10.4 Å². The number of fused-ring (bicyclic) bond motifs is 1. The Bertz CT molecular complexity index is 721. The maximum absolute atomic E-state index is 12.4. The van der Waals surface area contributed by atoms with Crippen molar-refractivity contribution < 1.29 is 14.3 Å². The number of nitrogens with one attached hydrogen (secondary N) is 1. The van der Waals surface area contributed by atoms with Gasteiger partial charge in [0.2, 0.25) is 0 Å². The summed E-state index contributed by atoms with van der Waals surface area (Å²) in [6.07, 6.45) is 1.18. The van der Waals surface area contributed by atoms with E-state index in [1.54, 1.807) is 29.1 Å². The first-order valence-corrected chi connectivity index (χ1v) is 7.19. The van der Waals surface area contributed by atoms with E-state index in [1.165, 1.54) is 0 Å². The average Bonchev–Trinajstić information content (AvgIpc) is 2.95. The minimum absolute atomic E-state index is 0.125. The summed E-state index contributed by atoms with van der Waals surface area (Å²) in [7, 11) is 0. The fraction of sp³-hybridized carbons (Fsp3) is 0.312. The Morgan fingerprint density at radius 3 is 2.91 bits per heavy atom. The van der Waals surface area contributed by atoms with Crippen LogP contribution in [0.4, 0.5) is 5.82 Å². The number of hydrogen-bond donors (Lipinski definition) is 1. The molecule has 0 spiro atoms. The molecule has 1 N–H and O–H groups in total. The van der Waals surface area contributed by atoms with Gasteiger partial charge in [-0.1, -0.05) is 18.2 Å². The van der Waals surface area contributed by atoms with Crippen molar-refractivity contribution in [2.24, 2.45) is 0 Å². The number of benzene rings is 1. The number of nitrogens with zero attached hydrogens (tertiary/aromatic N) is 2. The van der Waals surface area contributed by atoms with Gasteiger partial charge >= 0.3 is 5.97 Å². The van der Waals surface area contributed by atoms with Crippen LogP contribution in [-0.4, -0.2) is 27.8 Å². The molecule has 0 aliphatic carbocycles. The highest BCUT2D eigenvalue weighted by atomic mass is 16.5. The van der Waals surface area contributed by atoms with Crippen molar-refractivity contribution in [2.45, 2.75) is 32.4 Å². The molecular formula is C16H17N3O3. The van der Waals surface area contributed by atoms with Crippen LogP contribution in [0.1, 0.15) is 35.8 Å². The number of cyclic esters (lactones) is 1. The highest BCUT2D eigenvalue weighted by Gasteiger charge is 2.31. The molecular weight excluding hydrogens is 282 g/mol. The van der Waals surface area contributed by atoms with E-state index < -0.39 is 12.1 Å². The number of carbonyl (C=O) groups is 2. The molecule has 1 atom stereocenters. The van der Waals surface area contributed by atoms with Crippen LogP contribution >= 0.6 is 0 Å². The fourth-order valence-corrected chi connectivity index (χ4v) is 2.51. The second-order valence-electron chi connectivity index (χ2n) is 5.50. The normalized spacial score (nSPS) is 17.0. The van der Waals surface area contributed by atoms with E-state index in [0.717, 1.165) is 5.56 Å². The molecule has 1 unspecified atom stereocenters. The Kier molecular flexibility index (Phi) is 3.66. The number of amides is 1. The molecule has 1 aromatic carbocycles. The maximum Gasteiger partial charge on any atom is 0.339 e. The quantitative estimate of drug-likeness (QED) is 0.882. The smallest absolute Gasteiger partial charge is 0.339 e. The molecule has 2 aromatic rings. The van der Waals surface area contributed by atoms with Crippen LogP contribution in [0.2, 0.25) is 0 Å². The second-order valence-corrected chi connectivity index (χ2v) is 5.50. The molecule has 1 aliphatic heterocycles. The summed E-state index contributed by atoms with van der Waals surface area (Å²) in [5, 5.41) is 6.94.